The summed E-state index contributed by atoms with van der Waals surface area (Å²) in [7, 11) is 0. The van der Waals surface area contributed by atoms with Crippen molar-refractivity contribution < 1.29 is 9.47 Å². The van der Waals surface area contributed by atoms with Crippen LogP contribution in [0, 0.1) is 6.92 Å². The van der Waals surface area contributed by atoms with Gasteiger partial charge in [-0.05, 0) is 64.5 Å². The monoisotopic (exact) mass is 475 g/mol. The van der Waals surface area contributed by atoms with Crippen LogP contribution in [0.1, 0.15) is 57.3 Å². The Balaban J connectivity index is 1.25. The van der Waals surface area contributed by atoms with Crippen molar-refractivity contribution in [2.24, 2.45) is 0 Å². The van der Waals surface area contributed by atoms with Crippen LogP contribution >= 0.6 is 0 Å². The molecule has 2 fully saturated rings. The van der Waals surface area contributed by atoms with Crippen LogP contribution in [0.15, 0.2) is 30.7 Å². The summed E-state index contributed by atoms with van der Waals surface area (Å²) in [6.07, 6.45) is 12.5. The lowest BCUT2D eigenvalue weighted by atomic mass is 9.93. The van der Waals surface area contributed by atoms with Crippen LogP contribution in [0.4, 0.5) is 5.95 Å². The zero-order chi connectivity index (χ0) is 23.8. The van der Waals surface area contributed by atoms with Crippen molar-refractivity contribution in [2.45, 2.75) is 70.6 Å². The largest absolute Gasteiger partial charge is 0.381 e. The van der Waals surface area contributed by atoms with Crippen LogP contribution in [0.25, 0.3) is 27.8 Å². The fourth-order valence-electron chi connectivity index (χ4n) is 5.64. The highest BCUT2D eigenvalue weighted by atomic mass is 16.5. The van der Waals surface area contributed by atoms with E-state index in [0.29, 0.717) is 24.1 Å². The van der Waals surface area contributed by atoms with E-state index in [1.807, 2.05) is 23.1 Å². The molecule has 1 N–H and O–H groups in total. The quantitative estimate of drug-likeness (QED) is 0.437. The molecule has 184 valence electrons. The molecule has 1 aliphatic heterocycles. The van der Waals surface area contributed by atoms with Gasteiger partial charge in [-0.2, -0.15) is 0 Å². The number of pyridine rings is 1. The molecule has 1 saturated heterocycles. The Bertz CT molecular complexity index is 1320. The van der Waals surface area contributed by atoms with Gasteiger partial charge in [0.2, 0.25) is 5.95 Å². The van der Waals surface area contributed by atoms with Crippen LogP contribution in [0.2, 0.25) is 0 Å². The molecule has 9 nitrogen and oxygen atoms in total. The highest BCUT2D eigenvalue weighted by molar-refractivity contribution is 5.85. The van der Waals surface area contributed by atoms with E-state index in [0.717, 1.165) is 92.0 Å². The molecule has 0 spiro atoms. The molecule has 0 bridgehead atoms. The molecule has 35 heavy (non-hydrogen) atoms. The van der Waals surface area contributed by atoms with Gasteiger partial charge < -0.3 is 19.4 Å². The number of hydrogen-bond acceptors (Lipinski definition) is 7. The minimum Gasteiger partial charge on any atom is -0.381 e. The Morgan fingerprint density at radius 2 is 1.89 bits per heavy atom. The molecule has 1 aliphatic carbocycles. The van der Waals surface area contributed by atoms with Crippen LogP contribution in [-0.2, 0) is 9.47 Å². The van der Waals surface area contributed by atoms with Crippen molar-refractivity contribution in [3.05, 3.63) is 36.5 Å². The molecule has 0 aromatic carbocycles. The van der Waals surface area contributed by atoms with E-state index < -0.39 is 0 Å². The molecule has 0 atom stereocenters. The number of ether oxygens (including phenoxy) is 2. The molecule has 0 amide bonds. The number of nitrogens with one attached hydrogen (secondary N) is 1. The van der Waals surface area contributed by atoms with Crippen molar-refractivity contribution >= 4 is 22.6 Å². The maximum absolute atomic E-state index is 5.77. The molecule has 1 saturated carbocycles. The van der Waals surface area contributed by atoms with Gasteiger partial charge in [0, 0.05) is 55.4 Å². The lowest BCUT2D eigenvalue weighted by Crippen LogP contribution is -2.30. The van der Waals surface area contributed by atoms with E-state index in [1.54, 1.807) is 0 Å². The van der Waals surface area contributed by atoms with E-state index in [2.05, 4.69) is 40.8 Å². The maximum atomic E-state index is 5.77. The average Bonchev–Trinajstić information content (AvgIpc) is 3.45. The molecule has 4 aromatic heterocycles. The average molecular weight is 476 g/mol. The smallest absolute Gasteiger partial charge is 0.241 e. The van der Waals surface area contributed by atoms with E-state index in [4.69, 9.17) is 24.5 Å². The second-order valence-corrected chi connectivity index (χ2v) is 9.65. The van der Waals surface area contributed by atoms with Crippen molar-refractivity contribution in [1.82, 2.24) is 29.1 Å². The SMILES string of the molecule is CCO[C@H]1CC[C@H](Nc2ncc3c(-c4cnc5nc(C)n(C6CCOCC6)c5c4)ccn3n2)CC1. The second-order valence-electron chi connectivity index (χ2n) is 9.65. The van der Waals surface area contributed by atoms with Crippen LogP contribution in [-0.4, -0.2) is 61.1 Å². The van der Waals surface area contributed by atoms with Crippen LogP contribution in [0.3, 0.4) is 0 Å². The summed E-state index contributed by atoms with van der Waals surface area (Å²) in [6, 6.07) is 5.08. The molecule has 0 radical (unpaired) electrons. The molecule has 2 aliphatic rings. The Labute approximate surface area is 204 Å². The van der Waals surface area contributed by atoms with Gasteiger partial charge >= 0.3 is 0 Å². The summed E-state index contributed by atoms with van der Waals surface area (Å²) >= 11 is 0. The number of hydrogen-bond donors (Lipinski definition) is 1. The van der Waals surface area contributed by atoms with Crippen molar-refractivity contribution in [2.75, 3.05) is 25.1 Å². The van der Waals surface area contributed by atoms with Gasteiger partial charge in [0.15, 0.2) is 5.65 Å². The van der Waals surface area contributed by atoms with Crippen molar-refractivity contribution in [3.63, 3.8) is 0 Å². The number of rotatable bonds is 6. The van der Waals surface area contributed by atoms with E-state index >= 15 is 0 Å². The first-order chi connectivity index (χ1) is 17.2. The van der Waals surface area contributed by atoms with Crippen molar-refractivity contribution in [3.8, 4) is 11.1 Å². The lowest BCUT2D eigenvalue weighted by molar-refractivity contribution is 0.0346. The topological polar surface area (TPSA) is 91.4 Å². The third kappa shape index (κ3) is 4.38. The zero-order valence-electron chi connectivity index (χ0n) is 20.5. The highest BCUT2D eigenvalue weighted by Crippen LogP contribution is 2.31. The number of aromatic nitrogens is 6. The summed E-state index contributed by atoms with van der Waals surface area (Å²) in [5, 5.41) is 8.26. The Morgan fingerprint density at radius 1 is 1.06 bits per heavy atom. The number of nitrogens with zero attached hydrogens (tertiary/aromatic N) is 6. The predicted octanol–water partition coefficient (Wildman–Crippen LogP) is 4.56. The fourth-order valence-corrected chi connectivity index (χ4v) is 5.64. The minimum absolute atomic E-state index is 0.388. The van der Waals surface area contributed by atoms with Gasteiger partial charge in [0.1, 0.15) is 5.82 Å². The van der Waals surface area contributed by atoms with Gasteiger partial charge in [-0.1, -0.05) is 0 Å². The highest BCUT2D eigenvalue weighted by Gasteiger charge is 2.23. The van der Waals surface area contributed by atoms with Gasteiger partial charge in [0.05, 0.1) is 23.3 Å². The minimum atomic E-state index is 0.388. The molecule has 9 heteroatoms. The first-order valence-electron chi connectivity index (χ1n) is 12.8. The van der Waals surface area contributed by atoms with Crippen molar-refractivity contribution in [1.29, 1.82) is 0 Å². The number of fused-ring (bicyclic) bond motifs is 2. The number of imidazole rings is 1. The first-order valence-corrected chi connectivity index (χ1v) is 12.8. The third-order valence-corrected chi connectivity index (χ3v) is 7.42. The number of anilines is 1. The van der Waals surface area contributed by atoms with Gasteiger partial charge in [-0.15, -0.1) is 5.10 Å². The molecular formula is C26H33N7O2. The van der Waals surface area contributed by atoms with E-state index in [9.17, 15) is 0 Å². The van der Waals surface area contributed by atoms with E-state index in [-0.39, 0.29) is 0 Å². The summed E-state index contributed by atoms with van der Waals surface area (Å²) in [4.78, 5) is 14.1. The fraction of sp³-hybridized carbons (Fsp3) is 0.538. The van der Waals surface area contributed by atoms with Crippen LogP contribution < -0.4 is 5.32 Å². The zero-order valence-corrected chi connectivity index (χ0v) is 20.5. The van der Waals surface area contributed by atoms with Crippen LogP contribution in [0.5, 0.6) is 0 Å². The van der Waals surface area contributed by atoms with E-state index in [1.165, 1.54) is 0 Å². The summed E-state index contributed by atoms with van der Waals surface area (Å²) in [6.45, 7) is 6.51. The van der Waals surface area contributed by atoms with Gasteiger partial charge in [0.25, 0.3) is 0 Å². The Kier molecular flexibility index (Phi) is 6.12. The Hall–Kier alpha value is -3.04. The molecule has 0 unspecified atom stereocenters. The van der Waals surface area contributed by atoms with Gasteiger partial charge in [-0.3, -0.25) is 0 Å². The lowest BCUT2D eigenvalue weighted by Gasteiger charge is -2.28. The standard InChI is InChI=1S/C26H33N7O2/c1-3-35-21-6-4-19(5-7-21)30-26-28-16-24-22(8-11-32(24)31-26)18-14-23-25(27-15-18)29-17(2)33(23)20-9-12-34-13-10-20/h8,11,14-16,19-21H,3-7,9-10,12-13H2,1-2H3,(H,30,31)/t19-,21-. The molecular weight excluding hydrogens is 442 g/mol. The summed E-state index contributed by atoms with van der Waals surface area (Å²) in [5.74, 6) is 1.67. The second kappa shape index (κ2) is 9.54. The summed E-state index contributed by atoms with van der Waals surface area (Å²) < 4.78 is 15.6. The normalized spacial score (nSPS) is 21.7. The molecule has 6 rings (SSSR count). The maximum Gasteiger partial charge on any atom is 0.241 e. The first kappa shape index (κ1) is 22.4. The summed E-state index contributed by atoms with van der Waals surface area (Å²) in [5.41, 5.74) is 4.95. The molecule has 4 aromatic rings. The third-order valence-electron chi connectivity index (χ3n) is 7.42. The molecule has 5 heterocycles. The number of aryl methyl sites for hydroxylation is 1. The predicted molar refractivity (Wildman–Crippen MR) is 135 cm³/mol. The Morgan fingerprint density at radius 3 is 2.69 bits per heavy atom. The van der Waals surface area contributed by atoms with Gasteiger partial charge in [-0.25, -0.2) is 19.5 Å².